The van der Waals surface area contributed by atoms with E-state index in [0.717, 1.165) is 70.6 Å². The molecule has 0 unspecified atom stereocenters. The van der Waals surface area contributed by atoms with Crippen LogP contribution in [0.2, 0.25) is 0 Å². The lowest BCUT2D eigenvalue weighted by atomic mass is 9.99. The van der Waals surface area contributed by atoms with Gasteiger partial charge in [0.1, 0.15) is 0 Å². The second-order valence-electron chi connectivity index (χ2n) is 8.98. The zero-order valence-electron chi connectivity index (χ0n) is 19.1. The number of fused-ring (bicyclic) bond motifs is 2. The molecule has 8 heteroatoms. The van der Waals surface area contributed by atoms with Crippen molar-refractivity contribution in [3.05, 3.63) is 54.0 Å². The minimum absolute atomic E-state index is 0.767. The smallest absolute Gasteiger partial charge is 0.160 e. The largest absolute Gasteiger partial charge is 0.369 e. The lowest BCUT2D eigenvalue weighted by Gasteiger charge is -2.36. The van der Waals surface area contributed by atoms with E-state index in [1.165, 1.54) is 16.8 Å². The number of aromatic nitrogens is 6. The summed E-state index contributed by atoms with van der Waals surface area (Å²) in [6.07, 6.45) is 5.63. The van der Waals surface area contributed by atoms with Crippen LogP contribution in [0.25, 0.3) is 44.5 Å². The number of aromatic amines is 2. The molecular weight excluding hydrogens is 412 g/mol. The average Bonchev–Trinajstić information content (AvgIpc) is 3.45. The van der Waals surface area contributed by atoms with Gasteiger partial charge in [-0.05, 0) is 56.3 Å². The molecule has 33 heavy (non-hydrogen) atoms. The molecule has 8 nitrogen and oxygen atoms in total. The summed E-state index contributed by atoms with van der Waals surface area (Å²) < 4.78 is 0. The summed E-state index contributed by atoms with van der Waals surface area (Å²) in [6, 6.07) is 8.69. The number of piperazine rings is 1. The van der Waals surface area contributed by atoms with Crippen LogP contribution in [0, 0.1) is 13.8 Å². The van der Waals surface area contributed by atoms with Crippen molar-refractivity contribution in [1.29, 1.82) is 0 Å². The highest BCUT2D eigenvalue weighted by atomic mass is 15.2. The molecule has 0 radical (unpaired) electrons. The van der Waals surface area contributed by atoms with Gasteiger partial charge in [0.2, 0.25) is 0 Å². The van der Waals surface area contributed by atoms with E-state index in [1.54, 1.807) is 6.20 Å². The van der Waals surface area contributed by atoms with Gasteiger partial charge in [-0.15, -0.1) is 10.2 Å². The monoisotopic (exact) mass is 438 g/mol. The van der Waals surface area contributed by atoms with Crippen LogP contribution in [0.15, 0.2) is 42.9 Å². The van der Waals surface area contributed by atoms with Crippen molar-refractivity contribution in [2.24, 2.45) is 0 Å². The molecule has 0 atom stereocenters. The predicted molar refractivity (Wildman–Crippen MR) is 131 cm³/mol. The van der Waals surface area contributed by atoms with Gasteiger partial charge in [0.15, 0.2) is 11.3 Å². The molecule has 0 amide bonds. The lowest BCUT2D eigenvalue weighted by Crippen LogP contribution is -2.45. The van der Waals surface area contributed by atoms with E-state index in [-0.39, 0.29) is 0 Å². The molecule has 6 rings (SSSR count). The number of hydrogen-bond donors (Lipinski definition) is 2. The summed E-state index contributed by atoms with van der Waals surface area (Å²) in [5, 5.41) is 18.0. The number of nitrogens with one attached hydrogen (secondary N) is 2. The first-order valence-electron chi connectivity index (χ1n) is 11.3. The molecule has 0 spiro atoms. The minimum atomic E-state index is 0.767. The SMILES string of the molecule is Cc1cc(-c2cc3c(-c4cnc5[nH]ncc5c4)c[nH]c3nn2)cc(C)c1N1CCN(C)CC1. The van der Waals surface area contributed by atoms with Gasteiger partial charge in [-0.2, -0.15) is 5.10 Å². The molecule has 1 aliphatic heterocycles. The summed E-state index contributed by atoms with van der Waals surface area (Å²) in [5.74, 6) is 0. The molecule has 5 heterocycles. The Morgan fingerprint density at radius 2 is 1.64 bits per heavy atom. The topological polar surface area (TPSA) is 89.6 Å². The highest BCUT2D eigenvalue weighted by Gasteiger charge is 2.19. The summed E-state index contributed by atoms with van der Waals surface area (Å²) in [4.78, 5) is 12.6. The van der Waals surface area contributed by atoms with E-state index in [2.05, 4.69) is 85.3 Å². The molecule has 2 N–H and O–H groups in total. The van der Waals surface area contributed by atoms with Gasteiger partial charge >= 0.3 is 0 Å². The first kappa shape index (κ1) is 19.9. The van der Waals surface area contributed by atoms with Gasteiger partial charge in [0, 0.05) is 71.7 Å². The van der Waals surface area contributed by atoms with E-state index in [4.69, 9.17) is 0 Å². The molecule has 0 aliphatic carbocycles. The second kappa shape index (κ2) is 7.67. The van der Waals surface area contributed by atoms with Crippen molar-refractivity contribution in [3.8, 4) is 22.4 Å². The highest BCUT2D eigenvalue weighted by Crippen LogP contribution is 2.34. The molecule has 5 aromatic rings. The number of hydrogen-bond acceptors (Lipinski definition) is 6. The van der Waals surface area contributed by atoms with Crippen molar-refractivity contribution >= 4 is 27.8 Å². The number of H-pyrrole nitrogens is 2. The van der Waals surface area contributed by atoms with E-state index >= 15 is 0 Å². The van der Waals surface area contributed by atoms with Crippen LogP contribution in [-0.4, -0.2) is 68.5 Å². The molecule has 4 aromatic heterocycles. The predicted octanol–water partition coefficient (Wildman–Crippen LogP) is 3.93. The van der Waals surface area contributed by atoms with Crippen LogP contribution in [0.4, 0.5) is 5.69 Å². The van der Waals surface area contributed by atoms with Gasteiger partial charge < -0.3 is 14.8 Å². The fourth-order valence-corrected chi connectivity index (χ4v) is 4.92. The van der Waals surface area contributed by atoms with Gasteiger partial charge in [0.05, 0.1) is 11.9 Å². The van der Waals surface area contributed by atoms with Crippen LogP contribution in [0.1, 0.15) is 11.1 Å². The molecule has 166 valence electrons. The maximum Gasteiger partial charge on any atom is 0.160 e. The molecule has 1 saturated heterocycles. The maximum atomic E-state index is 4.53. The minimum Gasteiger partial charge on any atom is -0.369 e. The van der Waals surface area contributed by atoms with Crippen LogP contribution in [0.3, 0.4) is 0 Å². The summed E-state index contributed by atoms with van der Waals surface area (Å²) in [7, 11) is 2.19. The third kappa shape index (κ3) is 3.43. The Balaban J connectivity index is 1.40. The third-order valence-electron chi connectivity index (χ3n) is 6.65. The number of pyridine rings is 1. The fraction of sp³-hybridized carbons (Fsp3) is 0.280. The number of anilines is 1. The van der Waals surface area contributed by atoms with Crippen molar-refractivity contribution in [2.75, 3.05) is 38.1 Å². The summed E-state index contributed by atoms with van der Waals surface area (Å²) in [5.41, 5.74) is 9.49. The lowest BCUT2D eigenvalue weighted by molar-refractivity contribution is 0.312. The quantitative estimate of drug-likeness (QED) is 0.444. The van der Waals surface area contributed by atoms with Crippen molar-refractivity contribution in [3.63, 3.8) is 0 Å². The Morgan fingerprint density at radius 1 is 0.848 bits per heavy atom. The number of nitrogens with zero attached hydrogens (tertiary/aromatic N) is 6. The Labute approximate surface area is 191 Å². The second-order valence-corrected chi connectivity index (χ2v) is 8.98. The molecule has 1 fully saturated rings. The van der Waals surface area contributed by atoms with Gasteiger partial charge in [-0.1, -0.05) is 0 Å². The van der Waals surface area contributed by atoms with Crippen molar-refractivity contribution < 1.29 is 0 Å². The Morgan fingerprint density at radius 3 is 2.42 bits per heavy atom. The van der Waals surface area contributed by atoms with E-state index < -0.39 is 0 Å². The zero-order chi connectivity index (χ0) is 22.5. The molecule has 1 aromatic carbocycles. The average molecular weight is 439 g/mol. The number of rotatable bonds is 3. The maximum absolute atomic E-state index is 4.53. The molecule has 0 bridgehead atoms. The van der Waals surface area contributed by atoms with Gasteiger partial charge in [-0.25, -0.2) is 4.98 Å². The third-order valence-corrected chi connectivity index (χ3v) is 6.65. The first-order valence-corrected chi connectivity index (χ1v) is 11.3. The highest BCUT2D eigenvalue weighted by molar-refractivity contribution is 5.96. The van der Waals surface area contributed by atoms with Crippen molar-refractivity contribution in [2.45, 2.75) is 13.8 Å². The number of benzene rings is 1. The van der Waals surface area contributed by atoms with E-state index in [1.807, 2.05) is 12.4 Å². The van der Waals surface area contributed by atoms with Crippen molar-refractivity contribution in [1.82, 2.24) is 35.3 Å². The van der Waals surface area contributed by atoms with E-state index in [9.17, 15) is 0 Å². The Bertz CT molecular complexity index is 1450. The first-order chi connectivity index (χ1) is 16.1. The summed E-state index contributed by atoms with van der Waals surface area (Å²) >= 11 is 0. The number of aryl methyl sites for hydroxylation is 2. The van der Waals surface area contributed by atoms with Gasteiger partial charge in [0.25, 0.3) is 0 Å². The van der Waals surface area contributed by atoms with Crippen LogP contribution in [0.5, 0.6) is 0 Å². The summed E-state index contributed by atoms with van der Waals surface area (Å²) in [6.45, 7) is 8.71. The van der Waals surface area contributed by atoms with Crippen LogP contribution < -0.4 is 4.90 Å². The van der Waals surface area contributed by atoms with Gasteiger partial charge in [-0.3, -0.25) is 5.10 Å². The standard InChI is InChI=1S/C25H26N8/c1-15-8-17(9-16(2)23(15)33-6-4-32(3)5-7-33)22-11-20-21(14-27-25(20)31-29-22)18-10-19-13-28-30-24(19)26-12-18/h8-14H,4-7H2,1-3H3,(H,27,31)(H,26,28,30). The Kier molecular flexibility index (Phi) is 4.62. The Hall–Kier alpha value is -3.78. The molecular formula is C25H26N8. The van der Waals surface area contributed by atoms with Crippen LogP contribution in [-0.2, 0) is 0 Å². The van der Waals surface area contributed by atoms with E-state index in [0.29, 0.717) is 0 Å². The number of likely N-dealkylation sites (N-methyl/N-ethyl adjacent to an activating group) is 1. The normalized spacial score (nSPS) is 15.1. The van der Waals surface area contributed by atoms with Crippen LogP contribution >= 0.6 is 0 Å². The molecule has 1 aliphatic rings. The zero-order valence-corrected chi connectivity index (χ0v) is 19.1. The fourth-order valence-electron chi connectivity index (χ4n) is 4.92. The molecule has 0 saturated carbocycles.